The molecule has 0 saturated carbocycles. The number of benzene rings is 4. The van der Waals surface area contributed by atoms with Crippen LogP contribution in [0.4, 0.5) is 0 Å². The Morgan fingerprint density at radius 1 is 0.429 bits per heavy atom. The molecule has 0 fully saturated rings. The normalized spacial score (nSPS) is 12.7. The maximum Gasteiger partial charge on any atom is 0.179 e. The zero-order chi connectivity index (χ0) is 18.5. The molecular formula is C26H18O2. The van der Waals surface area contributed by atoms with Crippen LogP contribution in [0.2, 0.25) is 0 Å². The quantitative estimate of drug-likeness (QED) is 0.275. The Labute approximate surface area is 163 Å². The average Bonchev–Trinajstić information content (AvgIpc) is 3.30. The molecule has 2 nitrogen and oxygen atoms in total. The first-order chi connectivity index (χ1) is 13.8. The van der Waals surface area contributed by atoms with Gasteiger partial charge in [-0.15, -0.1) is 0 Å². The smallest absolute Gasteiger partial charge is 0.179 e. The molecule has 6 rings (SSSR count). The van der Waals surface area contributed by atoms with Crippen LogP contribution in [0.5, 0.6) is 11.5 Å². The molecule has 2 aliphatic carbocycles. The lowest BCUT2D eigenvalue weighted by Gasteiger charge is -2.09. The second-order valence-corrected chi connectivity index (χ2v) is 7.47. The zero-order valence-corrected chi connectivity index (χ0v) is 15.3. The van der Waals surface area contributed by atoms with Crippen LogP contribution < -0.4 is 9.78 Å². The second kappa shape index (κ2) is 6.00. The van der Waals surface area contributed by atoms with Crippen molar-refractivity contribution < 1.29 is 9.78 Å². The maximum atomic E-state index is 5.68. The van der Waals surface area contributed by atoms with Crippen molar-refractivity contribution in [3.05, 3.63) is 107 Å². The van der Waals surface area contributed by atoms with Crippen molar-refractivity contribution in [2.45, 2.75) is 12.8 Å². The molecule has 0 saturated heterocycles. The van der Waals surface area contributed by atoms with Gasteiger partial charge in [0.15, 0.2) is 11.5 Å². The van der Waals surface area contributed by atoms with Crippen LogP contribution in [-0.2, 0) is 12.8 Å². The van der Waals surface area contributed by atoms with Crippen molar-refractivity contribution >= 4 is 0 Å². The Bertz CT molecular complexity index is 1130. The standard InChI is InChI=1S/C26H18O2/c1-3-7-23-17(5-1)13-19-9-11-21(15-25(19)23)27-28-22-12-10-20-14-18-6-2-4-8-24(18)26(20)16-22/h1-12,15-16H,13-14H2. The molecule has 0 N–H and O–H groups in total. The van der Waals surface area contributed by atoms with E-state index in [2.05, 4.69) is 72.8 Å². The van der Waals surface area contributed by atoms with Crippen molar-refractivity contribution in [2.75, 3.05) is 0 Å². The summed E-state index contributed by atoms with van der Waals surface area (Å²) in [5, 5.41) is 0. The van der Waals surface area contributed by atoms with E-state index < -0.39 is 0 Å². The van der Waals surface area contributed by atoms with E-state index in [1.165, 1.54) is 44.5 Å². The van der Waals surface area contributed by atoms with E-state index >= 15 is 0 Å². The summed E-state index contributed by atoms with van der Waals surface area (Å²) in [6.07, 6.45) is 1.97. The Kier molecular flexibility index (Phi) is 3.33. The molecule has 0 bridgehead atoms. The Hall–Kier alpha value is -3.52. The van der Waals surface area contributed by atoms with Gasteiger partial charge in [-0.25, -0.2) is 0 Å². The molecule has 0 unspecified atom stereocenters. The first-order valence-corrected chi connectivity index (χ1v) is 9.62. The summed E-state index contributed by atoms with van der Waals surface area (Å²) in [5.41, 5.74) is 10.5. The van der Waals surface area contributed by atoms with Crippen molar-refractivity contribution in [1.29, 1.82) is 0 Å². The van der Waals surface area contributed by atoms with Crippen molar-refractivity contribution in [3.63, 3.8) is 0 Å². The van der Waals surface area contributed by atoms with Crippen LogP contribution in [0.25, 0.3) is 22.3 Å². The second-order valence-electron chi connectivity index (χ2n) is 7.47. The summed E-state index contributed by atoms with van der Waals surface area (Å²) in [6.45, 7) is 0. The third-order valence-electron chi connectivity index (χ3n) is 5.77. The number of hydrogen-bond donors (Lipinski definition) is 0. The monoisotopic (exact) mass is 362 g/mol. The molecule has 0 atom stereocenters. The first-order valence-electron chi connectivity index (χ1n) is 9.62. The van der Waals surface area contributed by atoms with E-state index in [-0.39, 0.29) is 0 Å². The van der Waals surface area contributed by atoms with Crippen LogP contribution in [0, 0.1) is 0 Å². The summed E-state index contributed by atoms with van der Waals surface area (Å²) in [7, 11) is 0. The van der Waals surface area contributed by atoms with Gasteiger partial charge in [-0.2, -0.15) is 0 Å². The minimum Gasteiger partial charge on any atom is -0.290 e. The van der Waals surface area contributed by atoms with E-state index in [1.807, 2.05) is 12.1 Å². The van der Waals surface area contributed by atoms with Gasteiger partial charge in [0, 0.05) is 0 Å². The lowest BCUT2D eigenvalue weighted by molar-refractivity contribution is -0.0998. The highest BCUT2D eigenvalue weighted by atomic mass is 17.2. The molecule has 4 aromatic rings. The van der Waals surface area contributed by atoms with E-state index in [4.69, 9.17) is 9.78 Å². The van der Waals surface area contributed by atoms with Crippen molar-refractivity contribution in [1.82, 2.24) is 0 Å². The number of hydrogen-bond acceptors (Lipinski definition) is 2. The molecule has 0 heterocycles. The highest BCUT2D eigenvalue weighted by Crippen LogP contribution is 2.40. The third-order valence-corrected chi connectivity index (χ3v) is 5.77. The summed E-state index contributed by atoms with van der Waals surface area (Å²) in [4.78, 5) is 11.4. The molecule has 0 aliphatic heterocycles. The Morgan fingerprint density at radius 2 is 0.857 bits per heavy atom. The van der Waals surface area contributed by atoms with E-state index in [1.54, 1.807) is 0 Å². The fourth-order valence-electron chi connectivity index (χ4n) is 4.41. The van der Waals surface area contributed by atoms with E-state index in [0.717, 1.165) is 24.3 Å². The Balaban J connectivity index is 1.26. The summed E-state index contributed by atoms with van der Waals surface area (Å²) < 4.78 is 0. The predicted octanol–water partition coefficient (Wildman–Crippen LogP) is 6.20. The predicted molar refractivity (Wildman–Crippen MR) is 111 cm³/mol. The number of rotatable bonds is 3. The molecule has 0 aromatic heterocycles. The van der Waals surface area contributed by atoms with Gasteiger partial charge in [-0.05, 0) is 81.6 Å². The summed E-state index contributed by atoms with van der Waals surface area (Å²) in [5.74, 6) is 1.44. The molecule has 0 radical (unpaired) electrons. The van der Waals surface area contributed by atoms with E-state index in [9.17, 15) is 0 Å². The highest BCUT2D eigenvalue weighted by Gasteiger charge is 2.20. The lowest BCUT2D eigenvalue weighted by Crippen LogP contribution is -2.01. The zero-order valence-electron chi connectivity index (χ0n) is 15.3. The fourth-order valence-corrected chi connectivity index (χ4v) is 4.41. The maximum absolute atomic E-state index is 5.68. The topological polar surface area (TPSA) is 18.5 Å². The first kappa shape index (κ1) is 15.5. The van der Waals surface area contributed by atoms with Crippen LogP contribution >= 0.6 is 0 Å². The van der Waals surface area contributed by atoms with Gasteiger partial charge < -0.3 is 0 Å². The van der Waals surface area contributed by atoms with Crippen LogP contribution in [-0.4, -0.2) is 0 Å². The molecule has 0 spiro atoms. The molecule has 28 heavy (non-hydrogen) atoms. The van der Waals surface area contributed by atoms with Gasteiger partial charge >= 0.3 is 0 Å². The molecule has 134 valence electrons. The van der Waals surface area contributed by atoms with Gasteiger partial charge in [-0.3, -0.25) is 9.78 Å². The third kappa shape index (κ3) is 2.42. The molecule has 2 heteroatoms. The van der Waals surface area contributed by atoms with Gasteiger partial charge in [0.1, 0.15) is 0 Å². The largest absolute Gasteiger partial charge is 0.290 e. The molecule has 0 amide bonds. The van der Waals surface area contributed by atoms with Gasteiger partial charge in [0.2, 0.25) is 0 Å². The van der Waals surface area contributed by atoms with Gasteiger partial charge in [0.05, 0.1) is 0 Å². The van der Waals surface area contributed by atoms with Gasteiger partial charge in [-0.1, -0.05) is 60.7 Å². The van der Waals surface area contributed by atoms with Crippen molar-refractivity contribution in [2.24, 2.45) is 0 Å². The minimum absolute atomic E-state index is 0.719. The van der Waals surface area contributed by atoms with E-state index in [0.29, 0.717) is 0 Å². The molecular weight excluding hydrogens is 344 g/mol. The minimum atomic E-state index is 0.719. The number of fused-ring (bicyclic) bond motifs is 6. The lowest BCUT2D eigenvalue weighted by atomic mass is 10.1. The van der Waals surface area contributed by atoms with Crippen LogP contribution in [0.1, 0.15) is 22.3 Å². The highest BCUT2D eigenvalue weighted by molar-refractivity contribution is 5.78. The molecule has 2 aliphatic rings. The summed E-state index contributed by atoms with van der Waals surface area (Å²) in [6, 6.07) is 29.4. The van der Waals surface area contributed by atoms with Gasteiger partial charge in [0.25, 0.3) is 0 Å². The van der Waals surface area contributed by atoms with Crippen LogP contribution in [0.3, 0.4) is 0 Å². The Morgan fingerprint density at radius 3 is 1.36 bits per heavy atom. The average molecular weight is 362 g/mol. The van der Waals surface area contributed by atoms with Crippen molar-refractivity contribution in [3.8, 4) is 33.8 Å². The fraction of sp³-hybridized carbons (Fsp3) is 0.0769. The summed E-state index contributed by atoms with van der Waals surface area (Å²) >= 11 is 0. The van der Waals surface area contributed by atoms with Crippen LogP contribution in [0.15, 0.2) is 84.9 Å². The molecule has 4 aromatic carbocycles. The SMILES string of the molecule is c1ccc2c(c1)Cc1ccc(OOc3ccc4c(c3)-c3ccccc3C4)cc1-2.